The minimum Gasteiger partial charge on any atom is -0.381 e. The fourth-order valence-corrected chi connectivity index (χ4v) is 1.24. The highest BCUT2D eigenvalue weighted by atomic mass is 16.5. The summed E-state index contributed by atoms with van der Waals surface area (Å²) in [5.41, 5.74) is 0.110. The Bertz CT molecular complexity index is 197. The van der Waals surface area contributed by atoms with Crippen molar-refractivity contribution in [2.45, 2.75) is 59.1 Å². The zero-order valence-electron chi connectivity index (χ0n) is 12.7. The van der Waals surface area contributed by atoms with Gasteiger partial charge in [-0.25, -0.2) is 0 Å². The summed E-state index contributed by atoms with van der Waals surface area (Å²) in [7, 11) is 1.75. The topological polar surface area (TPSA) is 30.5 Å². The van der Waals surface area contributed by atoms with Gasteiger partial charge in [0.25, 0.3) is 0 Å². The lowest BCUT2D eigenvalue weighted by molar-refractivity contribution is -0.0137. The van der Waals surface area contributed by atoms with E-state index in [0.717, 1.165) is 26.2 Å². The quantitative estimate of drug-likeness (QED) is 0.667. The SMILES string of the molecule is COC(C)(C)CCOCC(C)CNC(C)(C)C. The number of rotatable bonds is 8. The van der Waals surface area contributed by atoms with Crippen molar-refractivity contribution in [1.82, 2.24) is 5.32 Å². The van der Waals surface area contributed by atoms with Crippen LogP contribution < -0.4 is 5.32 Å². The van der Waals surface area contributed by atoms with Crippen LogP contribution in [0.3, 0.4) is 0 Å². The van der Waals surface area contributed by atoms with Crippen molar-refractivity contribution >= 4 is 0 Å². The molecule has 1 unspecified atom stereocenters. The molecule has 1 atom stereocenters. The van der Waals surface area contributed by atoms with Gasteiger partial charge in [-0.1, -0.05) is 6.92 Å². The standard InChI is InChI=1S/C14H31NO2/c1-12(10-15-13(2,3)4)11-17-9-8-14(5,6)16-7/h12,15H,8-11H2,1-7H3. The lowest BCUT2D eigenvalue weighted by Crippen LogP contribution is -2.39. The molecule has 3 nitrogen and oxygen atoms in total. The fourth-order valence-electron chi connectivity index (χ4n) is 1.24. The monoisotopic (exact) mass is 245 g/mol. The minimum atomic E-state index is -0.0765. The van der Waals surface area contributed by atoms with Gasteiger partial charge >= 0.3 is 0 Å². The Hall–Kier alpha value is -0.120. The molecule has 0 aliphatic heterocycles. The summed E-state index contributed by atoms with van der Waals surface area (Å²) in [5.74, 6) is 0.542. The molecule has 1 N–H and O–H groups in total. The van der Waals surface area contributed by atoms with Crippen molar-refractivity contribution in [1.29, 1.82) is 0 Å². The van der Waals surface area contributed by atoms with E-state index in [4.69, 9.17) is 9.47 Å². The highest BCUT2D eigenvalue weighted by Gasteiger charge is 2.16. The van der Waals surface area contributed by atoms with E-state index < -0.39 is 0 Å². The van der Waals surface area contributed by atoms with E-state index >= 15 is 0 Å². The summed E-state index contributed by atoms with van der Waals surface area (Å²) >= 11 is 0. The normalized spacial score (nSPS) is 15.0. The van der Waals surface area contributed by atoms with Gasteiger partial charge in [0, 0.05) is 25.8 Å². The molecule has 0 aromatic heterocycles. The lowest BCUT2D eigenvalue weighted by atomic mass is 10.1. The van der Waals surface area contributed by atoms with Gasteiger partial charge in [0.1, 0.15) is 0 Å². The highest BCUT2D eigenvalue weighted by Crippen LogP contribution is 2.12. The van der Waals surface area contributed by atoms with Gasteiger partial charge in [-0.15, -0.1) is 0 Å². The molecule has 3 heteroatoms. The largest absolute Gasteiger partial charge is 0.381 e. The van der Waals surface area contributed by atoms with Crippen molar-refractivity contribution in [2.75, 3.05) is 26.9 Å². The highest BCUT2D eigenvalue weighted by molar-refractivity contribution is 4.72. The van der Waals surface area contributed by atoms with Crippen molar-refractivity contribution in [2.24, 2.45) is 5.92 Å². The molecular weight excluding hydrogens is 214 g/mol. The number of nitrogens with one attached hydrogen (secondary N) is 1. The average Bonchev–Trinajstić information content (AvgIpc) is 2.20. The first kappa shape index (κ1) is 16.9. The molecule has 0 aromatic carbocycles. The van der Waals surface area contributed by atoms with Gasteiger partial charge in [0.05, 0.1) is 12.2 Å². The zero-order valence-corrected chi connectivity index (χ0v) is 12.7. The molecule has 17 heavy (non-hydrogen) atoms. The van der Waals surface area contributed by atoms with E-state index in [1.54, 1.807) is 7.11 Å². The van der Waals surface area contributed by atoms with Crippen molar-refractivity contribution in [3.63, 3.8) is 0 Å². The molecule has 0 saturated heterocycles. The summed E-state index contributed by atoms with van der Waals surface area (Å²) in [6.07, 6.45) is 0.933. The second-order valence-corrected chi connectivity index (χ2v) is 6.52. The van der Waals surface area contributed by atoms with Gasteiger partial charge in [-0.3, -0.25) is 0 Å². The summed E-state index contributed by atoms with van der Waals surface area (Å²) in [6.45, 7) is 15.5. The first-order valence-electron chi connectivity index (χ1n) is 6.54. The third kappa shape index (κ3) is 10.7. The molecule has 0 aromatic rings. The molecule has 0 heterocycles. The van der Waals surface area contributed by atoms with E-state index in [-0.39, 0.29) is 11.1 Å². The van der Waals surface area contributed by atoms with Crippen LogP contribution in [0.1, 0.15) is 48.0 Å². The van der Waals surface area contributed by atoms with Crippen LogP contribution >= 0.6 is 0 Å². The smallest absolute Gasteiger partial charge is 0.0644 e. The molecular formula is C14H31NO2. The molecule has 0 radical (unpaired) electrons. The molecule has 0 saturated carbocycles. The van der Waals surface area contributed by atoms with Gasteiger partial charge in [0.15, 0.2) is 0 Å². The van der Waals surface area contributed by atoms with E-state index in [1.165, 1.54) is 0 Å². The van der Waals surface area contributed by atoms with Gasteiger partial charge < -0.3 is 14.8 Å². The van der Waals surface area contributed by atoms with Crippen molar-refractivity contribution in [3.05, 3.63) is 0 Å². The molecule has 0 aliphatic rings. The van der Waals surface area contributed by atoms with E-state index in [9.17, 15) is 0 Å². The number of hydrogen-bond donors (Lipinski definition) is 1. The van der Waals surface area contributed by atoms with Crippen LogP contribution in [0.25, 0.3) is 0 Å². The molecule has 0 amide bonds. The Labute approximate surface area is 107 Å². The van der Waals surface area contributed by atoms with Gasteiger partial charge in [0.2, 0.25) is 0 Å². The summed E-state index contributed by atoms with van der Waals surface area (Å²) in [5, 5.41) is 3.49. The molecule has 0 fully saturated rings. The maximum Gasteiger partial charge on any atom is 0.0644 e. The third-order valence-electron chi connectivity index (χ3n) is 2.78. The van der Waals surface area contributed by atoms with Crippen LogP contribution in [-0.2, 0) is 9.47 Å². The molecule has 104 valence electrons. The van der Waals surface area contributed by atoms with E-state index in [1.807, 2.05) is 0 Å². The zero-order chi connectivity index (χ0) is 13.5. The van der Waals surface area contributed by atoms with Crippen LogP contribution in [-0.4, -0.2) is 38.0 Å². The Morgan fingerprint density at radius 3 is 2.18 bits per heavy atom. The maximum absolute atomic E-state index is 5.68. The molecule has 0 aliphatic carbocycles. The van der Waals surface area contributed by atoms with Crippen LogP contribution in [0.5, 0.6) is 0 Å². The first-order valence-corrected chi connectivity index (χ1v) is 6.54. The van der Waals surface area contributed by atoms with E-state index in [0.29, 0.717) is 5.92 Å². The maximum atomic E-state index is 5.68. The van der Waals surface area contributed by atoms with E-state index in [2.05, 4.69) is 46.9 Å². The van der Waals surface area contributed by atoms with Crippen LogP contribution in [0.15, 0.2) is 0 Å². The fraction of sp³-hybridized carbons (Fsp3) is 1.00. The first-order chi connectivity index (χ1) is 7.66. The number of methoxy groups -OCH3 is 1. The Balaban J connectivity index is 3.55. The van der Waals surface area contributed by atoms with Crippen LogP contribution in [0.4, 0.5) is 0 Å². The molecule has 0 spiro atoms. The Kier molecular flexibility index (Phi) is 7.29. The second kappa shape index (κ2) is 7.34. The van der Waals surface area contributed by atoms with Crippen molar-refractivity contribution < 1.29 is 9.47 Å². The summed E-state index contributed by atoms with van der Waals surface area (Å²) in [4.78, 5) is 0. The third-order valence-corrected chi connectivity index (χ3v) is 2.78. The predicted molar refractivity (Wildman–Crippen MR) is 73.4 cm³/mol. The van der Waals surface area contributed by atoms with Crippen molar-refractivity contribution in [3.8, 4) is 0 Å². The molecule has 0 rings (SSSR count). The molecule has 0 bridgehead atoms. The Morgan fingerprint density at radius 1 is 1.12 bits per heavy atom. The summed E-state index contributed by atoms with van der Waals surface area (Å²) < 4.78 is 11.0. The van der Waals surface area contributed by atoms with Gasteiger partial charge in [-0.05, 0) is 47.0 Å². The number of ether oxygens (including phenoxy) is 2. The van der Waals surface area contributed by atoms with Crippen LogP contribution in [0, 0.1) is 5.92 Å². The minimum absolute atomic E-state index is 0.0765. The predicted octanol–water partition coefficient (Wildman–Crippen LogP) is 2.84. The lowest BCUT2D eigenvalue weighted by Gasteiger charge is -2.25. The second-order valence-electron chi connectivity index (χ2n) is 6.52. The van der Waals surface area contributed by atoms with Crippen LogP contribution in [0.2, 0.25) is 0 Å². The summed E-state index contributed by atoms with van der Waals surface area (Å²) in [6, 6.07) is 0. The number of hydrogen-bond acceptors (Lipinski definition) is 3. The average molecular weight is 245 g/mol. The van der Waals surface area contributed by atoms with Gasteiger partial charge in [-0.2, -0.15) is 0 Å². The Morgan fingerprint density at radius 2 is 1.71 bits per heavy atom.